The molecule has 1 aliphatic heterocycles. The zero-order valence-electron chi connectivity index (χ0n) is 17.8. The molecular formula is C25H28FN3O. The number of likely N-dealkylation sites (tertiary alicyclic amines) is 1. The molecule has 1 aliphatic carbocycles. The maximum absolute atomic E-state index is 14.6. The van der Waals surface area contributed by atoms with Crippen LogP contribution in [0.1, 0.15) is 40.8 Å². The molecule has 2 aliphatic rings. The summed E-state index contributed by atoms with van der Waals surface area (Å²) in [6.45, 7) is 3.83. The van der Waals surface area contributed by atoms with E-state index in [1.807, 2.05) is 13.0 Å². The lowest BCUT2D eigenvalue weighted by molar-refractivity contribution is 0.213. The predicted octanol–water partition coefficient (Wildman–Crippen LogP) is 4.81. The molecule has 1 aromatic heterocycles. The Morgan fingerprint density at radius 2 is 1.90 bits per heavy atom. The fourth-order valence-electron chi connectivity index (χ4n) is 5.26. The zero-order chi connectivity index (χ0) is 20.8. The number of nitrogens with zero attached hydrogens (tertiary/aromatic N) is 3. The van der Waals surface area contributed by atoms with E-state index in [9.17, 15) is 4.39 Å². The van der Waals surface area contributed by atoms with Crippen LogP contribution in [0, 0.1) is 12.7 Å². The van der Waals surface area contributed by atoms with E-state index >= 15 is 0 Å². The van der Waals surface area contributed by atoms with Gasteiger partial charge in [-0.25, -0.2) is 9.37 Å². The molecule has 0 amide bonds. The van der Waals surface area contributed by atoms with Gasteiger partial charge in [0.05, 0.1) is 5.69 Å². The van der Waals surface area contributed by atoms with Crippen molar-refractivity contribution < 1.29 is 8.81 Å². The average molecular weight is 406 g/mol. The van der Waals surface area contributed by atoms with Crippen LogP contribution in [0.2, 0.25) is 0 Å². The molecule has 5 rings (SSSR count). The third-order valence-electron chi connectivity index (χ3n) is 6.79. The van der Waals surface area contributed by atoms with Gasteiger partial charge in [0.2, 0.25) is 5.89 Å². The number of benzene rings is 2. The van der Waals surface area contributed by atoms with Gasteiger partial charge in [-0.3, -0.25) is 4.90 Å². The Morgan fingerprint density at radius 1 is 1.10 bits per heavy atom. The standard InChI is InChI=1S/C25H28FN3O/c1-16-15-30-25(27-16)19-9-7-17(8-10-19)20-13-29(14-23(20)28(2)3)22-12-11-18-5-4-6-21(26)24(18)22/h4-10,15,20,22-23H,11-14H2,1-3H3. The van der Waals surface area contributed by atoms with Gasteiger partial charge in [-0.15, -0.1) is 0 Å². The molecule has 3 atom stereocenters. The number of hydrogen-bond acceptors (Lipinski definition) is 4. The molecule has 1 saturated heterocycles. The summed E-state index contributed by atoms with van der Waals surface area (Å²) in [5.74, 6) is 0.996. The van der Waals surface area contributed by atoms with Crippen molar-refractivity contribution in [1.82, 2.24) is 14.8 Å². The first-order valence-corrected chi connectivity index (χ1v) is 10.7. The van der Waals surface area contributed by atoms with Crippen molar-refractivity contribution in [2.75, 3.05) is 27.2 Å². The second-order valence-electron chi connectivity index (χ2n) is 8.87. The lowest BCUT2D eigenvalue weighted by Gasteiger charge is -2.26. The van der Waals surface area contributed by atoms with Gasteiger partial charge in [0.25, 0.3) is 0 Å². The highest BCUT2D eigenvalue weighted by Gasteiger charge is 2.41. The van der Waals surface area contributed by atoms with Crippen molar-refractivity contribution in [3.63, 3.8) is 0 Å². The molecule has 5 heteroatoms. The highest BCUT2D eigenvalue weighted by atomic mass is 19.1. The van der Waals surface area contributed by atoms with Crippen molar-refractivity contribution in [2.45, 2.75) is 37.8 Å². The highest BCUT2D eigenvalue weighted by molar-refractivity contribution is 5.54. The number of aromatic nitrogens is 1. The molecule has 4 nitrogen and oxygen atoms in total. The van der Waals surface area contributed by atoms with Gasteiger partial charge >= 0.3 is 0 Å². The first-order valence-electron chi connectivity index (χ1n) is 10.7. The predicted molar refractivity (Wildman–Crippen MR) is 116 cm³/mol. The minimum absolute atomic E-state index is 0.0505. The summed E-state index contributed by atoms with van der Waals surface area (Å²) in [4.78, 5) is 9.23. The molecule has 2 heterocycles. The fraction of sp³-hybridized carbons (Fsp3) is 0.400. The Bertz CT molecular complexity index is 1040. The SMILES string of the molecule is Cc1coc(-c2ccc(C3CN(C4CCc5cccc(F)c54)CC3N(C)C)cc2)n1. The molecule has 156 valence electrons. The molecule has 0 bridgehead atoms. The van der Waals surface area contributed by atoms with Gasteiger partial charge in [-0.2, -0.15) is 0 Å². The summed E-state index contributed by atoms with van der Waals surface area (Å²) >= 11 is 0. The van der Waals surface area contributed by atoms with Crippen molar-refractivity contribution in [3.05, 3.63) is 76.9 Å². The number of rotatable bonds is 4. The van der Waals surface area contributed by atoms with Crippen molar-refractivity contribution in [2.24, 2.45) is 0 Å². The lowest BCUT2D eigenvalue weighted by Crippen LogP contribution is -2.35. The Hall–Kier alpha value is -2.50. The Kier molecular flexibility index (Phi) is 4.95. The van der Waals surface area contributed by atoms with Crippen LogP contribution in [0.25, 0.3) is 11.5 Å². The molecule has 0 N–H and O–H groups in total. The minimum atomic E-state index is -0.0505. The second-order valence-corrected chi connectivity index (χ2v) is 8.87. The summed E-state index contributed by atoms with van der Waals surface area (Å²) < 4.78 is 20.2. The summed E-state index contributed by atoms with van der Waals surface area (Å²) in [5.41, 5.74) is 5.29. The van der Waals surface area contributed by atoms with Crippen LogP contribution >= 0.6 is 0 Å². The number of aryl methyl sites for hydroxylation is 2. The van der Waals surface area contributed by atoms with Crippen LogP contribution in [-0.2, 0) is 6.42 Å². The van der Waals surface area contributed by atoms with E-state index in [1.165, 1.54) is 11.1 Å². The highest BCUT2D eigenvalue weighted by Crippen LogP contribution is 2.42. The molecule has 0 spiro atoms. The van der Waals surface area contributed by atoms with Crippen LogP contribution in [0.4, 0.5) is 4.39 Å². The number of likely N-dealkylation sites (N-methyl/N-ethyl adjacent to an activating group) is 1. The Labute approximate surface area is 177 Å². The normalized spacial score (nSPS) is 24.0. The van der Waals surface area contributed by atoms with Crippen LogP contribution in [0.5, 0.6) is 0 Å². The second kappa shape index (κ2) is 7.64. The summed E-state index contributed by atoms with van der Waals surface area (Å²) in [7, 11) is 4.29. The van der Waals surface area contributed by atoms with Crippen LogP contribution in [0.3, 0.4) is 0 Å². The molecule has 0 saturated carbocycles. The van der Waals surface area contributed by atoms with Crippen molar-refractivity contribution >= 4 is 0 Å². The number of halogens is 1. The van der Waals surface area contributed by atoms with Gasteiger partial charge in [0.15, 0.2) is 0 Å². The molecule has 2 aromatic carbocycles. The van der Waals surface area contributed by atoms with Crippen LogP contribution in [-0.4, -0.2) is 48.0 Å². The average Bonchev–Trinajstić information content (AvgIpc) is 3.46. The first-order chi connectivity index (χ1) is 14.5. The van der Waals surface area contributed by atoms with Gasteiger partial charge in [-0.05, 0) is 63.2 Å². The van der Waals surface area contributed by atoms with E-state index < -0.39 is 0 Å². The molecule has 1 fully saturated rings. The topological polar surface area (TPSA) is 32.5 Å². The minimum Gasteiger partial charge on any atom is -0.444 e. The molecule has 30 heavy (non-hydrogen) atoms. The fourth-order valence-corrected chi connectivity index (χ4v) is 5.26. The van der Waals surface area contributed by atoms with Crippen molar-refractivity contribution in [3.8, 4) is 11.5 Å². The third-order valence-corrected chi connectivity index (χ3v) is 6.79. The van der Waals surface area contributed by atoms with E-state index in [0.29, 0.717) is 17.9 Å². The molecular weight excluding hydrogens is 377 g/mol. The largest absolute Gasteiger partial charge is 0.444 e. The summed E-state index contributed by atoms with van der Waals surface area (Å²) in [5, 5.41) is 0. The van der Waals surface area contributed by atoms with E-state index in [1.54, 1.807) is 12.3 Å². The smallest absolute Gasteiger partial charge is 0.226 e. The number of hydrogen-bond donors (Lipinski definition) is 0. The van der Waals surface area contributed by atoms with E-state index in [-0.39, 0.29) is 11.9 Å². The zero-order valence-corrected chi connectivity index (χ0v) is 17.8. The van der Waals surface area contributed by atoms with E-state index in [0.717, 1.165) is 42.8 Å². The summed E-state index contributed by atoms with van der Waals surface area (Å²) in [6.07, 6.45) is 3.65. The summed E-state index contributed by atoms with van der Waals surface area (Å²) in [6, 6.07) is 14.7. The third kappa shape index (κ3) is 3.36. The van der Waals surface area contributed by atoms with Gasteiger partial charge in [-0.1, -0.05) is 24.3 Å². The molecule has 0 radical (unpaired) electrons. The van der Waals surface area contributed by atoms with Gasteiger partial charge in [0, 0.05) is 42.2 Å². The van der Waals surface area contributed by atoms with Crippen molar-refractivity contribution in [1.29, 1.82) is 0 Å². The maximum Gasteiger partial charge on any atom is 0.226 e. The number of oxazole rings is 1. The van der Waals surface area contributed by atoms with Crippen LogP contribution in [0.15, 0.2) is 53.1 Å². The van der Waals surface area contributed by atoms with Gasteiger partial charge < -0.3 is 9.32 Å². The van der Waals surface area contributed by atoms with Gasteiger partial charge in [0.1, 0.15) is 12.1 Å². The molecule has 3 unspecified atom stereocenters. The molecule has 3 aromatic rings. The lowest BCUT2D eigenvalue weighted by atomic mass is 9.93. The monoisotopic (exact) mass is 405 g/mol. The first kappa shape index (κ1) is 19.5. The quantitative estimate of drug-likeness (QED) is 0.624. The Morgan fingerprint density at radius 3 is 2.60 bits per heavy atom. The number of fused-ring (bicyclic) bond motifs is 1. The Balaban J connectivity index is 1.41. The van der Waals surface area contributed by atoms with Crippen LogP contribution < -0.4 is 0 Å². The van der Waals surface area contributed by atoms with E-state index in [2.05, 4.69) is 59.2 Å². The van der Waals surface area contributed by atoms with E-state index in [4.69, 9.17) is 4.42 Å². The maximum atomic E-state index is 14.6.